The monoisotopic (exact) mass is 414 g/mol. The Balaban J connectivity index is 1.82. The van der Waals surface area contributed by atoms with Crippen molar-refractivity contribution in [1.82, 2.24) is 14.3 Å². The highest BCUT2D eigenvalue weighted by molar-refractivity contribution is 6.02. The number of fused-ring (bicyclic) bond motifs is 1. The van der Waals surface area contributed by atoms with Crippen LogP contribution in [-0.2, 0) is 4.79 Å². The molecule has 4 rings (SSSR count). The molecular weight excluding hydrogens is 392 g/mol. The van der Waals surface area contributed by atoms with Crippen molar-refractivity contribution in [3.05, 3.63) is 75.7 Å². The quantitative estimate of drug-likeness (QED) is 0.480. The van der Waals surface area contributed by atoms with Crippen LogP contribution in [0.1, 0.15) is 30.4 Å². The second-order valence-electron chi connectivity index (χ2n) is 7.50. The first-order chi connectivity index (χ1) is 15.1. The van der Waals surface area contributed by atoms with E-state index in [1.54, 1.807) is 41.4 Å². The third-order valence-corrected chi connectivity index (χ3v) is 5.25. The molecule has 3 heterocycles. The summed E-state index contributed by atoms with van der Waals surface area (Å²) in [6.07, 6.45) is 5.78. The van der Waals surface area contributed by atoms with Crippen molar-refractivity contribution in [3.8, 4) is 17.7 Å². The van der Waals surface area contributed by atoms with Crippen molar-refractivity contribution in [2.24, 2.45) is 0 Å². The van der Waals surface area contributed by atoms with E-state index in [9.17, 15) is 14.9 Å². The van der Waals surface area contributed by atoms with Gasteiger partial charge < -0.3 is 9.64 Å². The molecule has 1 amide bonds. The Morgan fingerprint density at radius 2 is 1.87 bits per heavy atom. The van der Waals surface area contributed by atoms with E-state index in [2.05, 4.69) is 4.98 Å². The molecule has 2 aromatic heterocycles. The van der Waals surface area contributed by atoms with Gasteiger partial charge in [-0.3, -0.25) is 14.0 Å². The summed E-state index contributed by atoms with van der Waals surface area (Å²) in [7, 11) is 0. The highest BCUT2D eigenvalue weighted by Crippen LogP contribution is 2.25. The zero-order chi connectivity index (χ0) is 21.8. The maximum Gasteiger partial charge on any atom is 0.269 e. The van der Waals surface area contributed by atoms with E-state index < -0.39 is 5.56 Å². The lowest BCUT2D eigenvalue weighted by molar-refractivity contribution is -0.127. The van der Waals surface area contributed by atoms with Crippen molar-refractivity contribution in [1.29, 1.82) is 5.26 Å². The van der Waals surface area contributed by atoms with Gasteiger partial charge in [-0.1, -0.05) is 23.8 Å². The van der Waals surface area contributed by atoms with E-state index in [1.807, 2.05) is 25.1 Å². The van der Waals surface area contributed by atoms with Crippen LogP contribution in [0.2, 0.25) is 0 Å². The van der Waals surface area contributed by atoms with Gasteiger partial charge in [-0.25, -0.2) is 0 Å². The van der Waals surface area contributed by atoms with E-state index in [4.69, 9.17) is 4.74 Å². The van der Waals surface area contributed by atoms with E-state index in [0.717, 1.165) is 24.8 Å². The summed E-state index contributed by atoms with van der Waals surface area (Å²) in [4.78, 5) is 32.2. The molecule has 1 saturated heterocycles. The molecule has 0 atom stereocenters. The lowest BCUT2D eigenvalue weighted by Gasteiger charge is -2.26. The van der Waals surface area contributed by atoms with Crippen LogP contribution >= 0.6 is 0 Å². The van der Waals surface area contributed by atoms with Crippen molar-refractivity contribution >= 4 is 17.6 Å². The molecule has 0 aliphatic carbocycles. The van der Waals surface area contributed by atoms with E-state index in [1.165, 1.54) is 10.5 Å². The van der Waals surface area contributed by atoms with Gasteiger partial charge in [0.25, 0.3) is 11.5 Å². The summed E-state index contributed by atoms with van der Waals surface area (Å²) in [5.74, 6) is 0.189. The topological polar surface area (TPSA) is 87.7 Å². The predicted molar refractivity (Wildman–Crippen MR) is 117 cm³/mol. The van der Waals surface area contributed by atoms with Gasteiger partial charge in [-0.2, -0.15) is 10.2 Å². The Bertz CT molecular complexity index is 1250. The molecule has 1 fully saturated rings. The molecule has 0 bridgehead atoms. The third-order valence-electron chi connectivity index (χ3n) is 5.25. The van der Waals surface area contributed by atoms with Crippen molar-refractivity contribution in [2.45, 2.75) is 26.2 Å². The summed E-state index contributed by atoms with van der Waals surface area (Å²) in [6, 6.07) is 14.5. The smallest absolute Gasteiger partial charge is 0.269 e. The maximum atomic E-state index is 13.2. The van der Waals surface area contributed by atoms with Crippen LogP contribution in [0.5, 0.6) is 11.6 Å². The number of carbonyl (C=O) groups is 1. The molecule has 0 radical (unpaired) electrons. The molecule has 1 aliphatic rings. The number of aromatic nitrogens is 2. The van der Waals surface area contributed by atoms with Crippen LogP contribution in [0.15, 0.2) is 59.0 Å². The normalized spacial score (nSPS) is 14.3. The summed E-state index contributed by atoms with van der Waals surface area (Å²) < 4.78 is 7.29. The lowest BCUT2D eigenvalue weighted by Crippen LogP contribution is -2.36. The number of aryl methyl sites for hydroxylation is 1. The van der Waals surface area contributed by atoms with Crippen molar-refractivity contribution < 1.29 is 9.53 Å². The molecule has 0 N–H and O–H groups in total. The van der Waals surface area contributed by atoms with Crippen molar-refractivity contribution in [3.63, 3.8) is 0 Å². The standard InChI is InChI=1S/C24H22N4O3/c1-17-8-10-19(11-9-17)31-22-20(24(30)28-14-6-3-7-21(28)26-22)15-18(16-25)23(29)27-12-4-2-5-13-27/h3,6-11,14-15H,2,4-5,12-13H2,1H3/b18-15+. The van der Waals surface area contributed by atoms with Crippen molar-refractivity contribution in [2.75, 3.05) is 13.1 Å². The first-order valence-corrected chi connectivity index (χ1v) is 10.2. The molecule has 31 heavy (non-hydrogen) atoms. The molecular formula is C24H22N4O3. The number of nitrogens with zero attached hydrogens (tertiary/aromatic N) is 4. The Kier molecular flexibility index (Phi) is 5.80. The van der Waals surface area contributed by atoms with Crippen LogP contribution in [0.4, 0.5) is 0 Å². The van der Waals surface area contributed by atoms with Crippen LogP contribution in [-0.4, -0.2) is 33.3 Å². The number of rotatable bonds is 4. The number of piperidine rings is 1. The molecule has 156 valence electrons. The predicted octanol–water partition coefficient (Wildman–Crippen LogP) is 3.71. The fourth-order valence-electron chi connectivity index (χ4n) is 3.56. The molecule has 0 saturated carbocycles. The molecule has 0 spiro atoms. The van der Waals surface area contributed by atoms with Gasteiger partial charge in [-0.05, 0) is 56.5 Å². The highest BCUT2D eigenvalue weighted by atomic mass is 16.5. The van der Waals surface area contributed by atoms with Crippen LogP contribution in [0, 0.1) is 18.3 Å². The molecule has 7 nitrogen and oxygen atoms in total. The molecule has 1 aromatic carbocycles. The Morgan fingerprint density at radius 3 is 2.58 bits per heavy atom. The summed E-state index contributed by atoms with van der Waals surface area (Å²) in [6.45, 7) is 3.18. The number of ether oxygens (including phenoxy) is 1. The third kappa shape index (κ3) is 4.33. The number of pyridine rings is 1. The Morgan fingerprint density at radius 1 is 1.13 bits per heavy atom. The summed E-state index contributed by atoms with van der Waals surface area (Å²) in [5, 5.41) is 9.67. The zero-order valence-electron chi connectivity index (χ0n) is 17.2. The number of nitriles is 1. The molecule has 7 heteroatoms. The minimum atomic E-state index is -0.410. The molecule has 3 aromatic rings. The number of hydrogen-bond donors (Lipinski definition) is 0. The number of amides is 1. The SMILES string of the molecule is Cc1ccc(Oc2nc3ccccn3c(=O)c2/C=C(\C#N)C(=O)N2CCCCC2)cc1. The second-order valence-corrected chi connectivity index (χ2v) is 7.50. The minimum absolute atomic E-state index is 0.0549. The van der Waals surface area contributed by atoms with E-state index in [-0.39, 0.29) is 22.9 Å². The van der Waals surface area contributed by atoms with Gasteiger partial charge >= 0.3 is 0 Å². The largest absolute Gasteiger partial charge is 0.438 e. The average Bonchev–Trinajstić information content (AvgIpc) is 2.81. The average molecular weight is 414 g/mol. The van der Waals surface area contributed by atoms with Crippen LogP contribution in [0.25, 0.3) is 11.7 Å². The fourth-order valence-corrected chi connectivity index (χ4v) is 3.56. The Labute approximate surface area is 179 Å². The maximum absolute atomic E-state index is 13.2. The van der Waals surface area contributed by atoms with Gasteiger partial charge in [0.2, 0.25) is 5.88 Å². The number of hydrogen-bond acceptors (Lipinski definition) is 5. The molecule has 1 aliphatic heterocycles. The fraction of sp³-hybridized carbons (Fsp3) is 0.250. The van der Waals surface area contributed by atoms with Gasteiger partial charge in [0.1, 0.15) is 28.6 Å². The van der Waals surface area contributed by atoms with Crippen LogP contribution < -0.4 is 10.3 Å². The van der Waals surface area contributed by atoms with Gasteiger partial charge in [0.05, 0.1) is 0 Å². The van der Waals surface area contributed by atoms with Crippen LogP contribution in [0.3, 0.4) is 0 Å². The van der Waals surface area contributed by atoms with E-state index in [0.29, 0.717) is 24.5 Å². The number of likely N-dealkylation sites (tertiary alicyclic amines) is 1. The first kappa shape index (κ1) is 20.4. The molecule has 0 unspecified atom stereocenters. The van der Waals surface area contributed by atoms with Gasteiger partial charge in [0.15, 0.2) is 0 Å². The summed E-state index contributed by atoms with van der Waals surface area (Å²) >= 11 is 0. The summed E-state index contributed by atoms with van der Waals surface area (Å²) in [5.41, 5.74) is 1.02. The first-order valence-electron chi connectivity index (χ1n) is 10.2. The van der Waals surface area contributed by atoms with Gasteiger partial charge in [-0.15, -0.1) is 0 Å². The Hall–Kier alpha value is -3.92. The zero-order valence-corrected chi connectivity index (χ0v) is 17.2. The minimum Gasteiger partial charge on any atom is -0.438 e. The highest BCUT2D eigenvalue weighted by Gasteiger charge is 2.22. The number of carbonyl (C=O) groups excluding carboxylic acids is 1. The van der Waals surface area contributed by atoms with Gasteiger partial charge in [0, 0.05) is 19.3 Å². The van der Waals surface area contributed by atoms with E-state index >= 15 is 0 Å². The number of benzene rings is 1. The lowest BCUT2D eigenvalue weighted by atomic mass is 10.1. The second kappa shape index (κ2) is 8.84.